The van der Waals surface area contributed by atoms with E-state index in [-0.39, 0.29) is 11.3 Å². The molecular formula is C15H12F2N2O2. The average molecular weight is 290 g/mol. The fraction of sp³-hybridized carbons (Fsp3) is 0.0667. The monoisotopic (exact) mass is 290 g/mol. The van der Waals surface area contributed by atoms with E-state index < -0.39 is 17.5 Å². The van der Waals surface area contributed by atoms with Crippen molar-refractivity contribution < 1.29 is 18.3 Å². The van der Waals surface area contributed by atoms with Crippen LogP contribution in [0.4, 0.5) is 8.78 Å². The molecular weight excluding hydrogens is 278 g/mol. The lowest BCUT2D eigenvalue weighted by Crippen LogP contribution is -2.17. The number of halogens is 2. The van der Waals surface area contributed by atoms with Crippen LogP contribution in [-0.2, 0) is 0 Å². The van der Waals surface area contributed by atoms with Gasteiger partial charge in [0.1, 0.15) is 5.82 Å². The van der Waals surface area contributed by atoms with E-state index in [2.05, 4.69) is 10.5 Å². The van der Waals surface area contributed by atoms with Crippen molar-refractivity contribution in [1.82, 2.24) is 5.43 Å². The van der Waals surface area contributed by atoms with Crippen LogP contribution >= 0.6 is 0 Å². The van der Waals surface area contributed by atoms with Crippen molar-refractivity contribution >= 4 is 12.1 Å². The minimum Gasteiger partial charge on any atom is -0.494 e. The minimum atomic E-state index is -0.522. The summed E-state index contributed by atoms with van der Waals surface area (Å²) in [5, 5.41) is 3.71. The van der Waals surface area contributed by atoms with Gasteiger partial charge in [-0.2, -0.15) is 5.10 Å². The van der Waals surface area contributed by atoms with Crippen LogP contribution < -0.4 is 10.2 Å². The van der Waals surface area contributed by atoms with E-state index in [4.69, 9.17) is 4.74 Å². The lowest BCUT2D eigenvalue weighted by molar-refractivity contribution is 0.0955. The summed E-state index contributed by atoms with van der Waals surface area (Å²) in [5.74, 6) is -1.31. The number of nitrogens with one attached hydrogen (secondary N) is 1. The smallest absolute Gasteiger partial charge is 0.271 e. The maximum Gasteiger partial charge on any atom is 0.271 e. The summed E-state index contributed by atoms with van der Waals surface area (Å²) in [6.07, 6.45) is 1.30. The number of benzene rings is 2. The Labute approximate surface area is 120 Å². The maximum atomic E-state index is 13.4. The molecule has 0 aliphatic carbocycles. The zero-order valence-electron chi connectivity index (χ0n) is 11.1. The normalized spacial score (nSPS) is 10.6. The van der Waals surface area contributed by atoms with Crippen LogP contribution in [0.15, 0.2) is 47.6 Å². The van der Waals surface area contributed by atoms with Gasteiger partial charge in [0.25, 0.3) is 5.91 Å². The van der Waals surface area contributed by atoms with E-state index in [1.807, 2.05) is 0 Å². The van der Waals surface area contributed by atoms with Crippen molar-refractivity contribution in [3.05, 3.63) is 65.2 Å². The molecule has 2 rings (SSSR count). The molecule has 0 radical (unpaired) electrons. The highest BCUT2D eigenvalue weighted by molar-refractivity contribution is 5.94. The topological polar surface area (TPSA) is 50.7 Å². The molecule has 0 atom stereocenters. The Bertz CT molecular complexity index is 670. The summed E-state index contributed by atoms with van der Waals surface area (Å²) >= 11 is 0. The summed E-state index contributed by atoms with van der Waals surface area (Å²) in [4.78, 5) is 11.7. The zero-order valence-corrected chi connectivity index (χ0v) is 11.1. The van der Waals surface area contributed by atoms with Gasteiger partial charge in [-0.1, -0.05) is 0 Å². The maximum absolute atomic E-state index is 13.4. The fourth-order valence-corrected chi connectivity index (χ4v) is 1.59. The minimum absolute atomic E-state index is 0.127. The first-order valence-corrected chi connectivity index (χ1v) is 6.02. The number of hydrogen-bond acceptors (Lipinski definition) is 3. The molecule has 0 heterocycles. The molecule has 1 N–H and O–H groups in total. The van der Waals surface area contributed by atoms with Gasteiger partial charge in [-0.25, -0.2) is 14.2 Å². The Morgan fingerprint density at radius 3 is 2.52 bits per heavy atom. The first kappa shape index (κ1) is 14.6. The van der Waals surface area contributed by atoms with Crippen LogP contribution in [-0.4, -0.2) is 19.2 Å². The number of nitrogens with zero attached hydrogens (tertiary/aromatic N) is 1. The summed E-state index contributed by atoms with van der Waals surface area (Å²) < 4.78 is 30.9. The van der Waals surface area contributed by atoms with Crippen LogP contribution in [0.1, 0.15) is 15.9 Å². The molecule has 2 aromatic carbocycles. The number of carbonyl (C=O) groups excluding carboxylic acids is 1. The van der Waals surface area contributed by atoms with Gasteiger partial charge in [-0.3, -0.25) is 4.79 Å². The second-order valence-electron chi connectivity index (χ2n) is 4.10. The number of amides is 1. The molecule has 108 valence electrons. The summed E-state index contributed by atoms with van der Waals surface area (Å²) in [6, 6.07) is 9.32. The van der Waals surface area contributed by atoms with E-state index in [0.29, 0.717) is 5.56 Å². The van der Waals surface area contributed by atoms with Gasteiger partial charge in [0.2, 0.25) is 0 Å². The number of rotatable bonds is 4. The Morgan fingerprint density at radius 1 is 1.19 bits per heavy atom. The van der Waals surface area contributed by atoms with Crippen LogP contribution in [0.25, 0.3) is 0 Å². The molecule has 0 saturated heterocycles. The lowest BCUT2D eigenvalue weighted by Gasteiger charge is -2.02. The largest absolute Gasteiger partial charge is 0.494 e. The fourth-order valence-electron chi connectivity index (χ4n) is 1.59. The highest BCUT2D eigenvalue weighted by atomic mass is 19.1. The quantitative estimate of drug-likeness (QED) is 0.695. The second-order valence-corrected chi connectivity index (χ2v) is 4.10. The Kier molecular flexibility index (Phi) is 4.61. The Hall–Kier alpha value is -2.76. The number of carbonyl (C=O) groups is 1. The summed E-state index contributed by atoms with van der Waals surface area (Å²) in [6.45, 7) is 0. The van der Waals surface area contributed by atoms with Gasteiger partial charge in [0.15, 0.2) is 11.6 Å². The lowest BCUT2D eigenvalue weighted by atomic mass is 10.2. The first-order valence-electron chi connectivity index (χ1n) is 6.02. The first-order chi connectivity index (χ1) is 10.1. The third-order valence-corrected chi connectivity index (χ3v) is 2.66. The molecule has 0 aliphatic heterocycles. The standard InChI is InChI=1S/C15H12F2N2O2/c1-21-14-7-2-10(8-13(14)17)9-18-19-15(20)11-3-5-12(16)6-4-11/h2-9H,1H3,(H,19,20)/b18-9-. The van der Waals surface area contributed by atoms with E-state index in [9.17, 15) is 13.6 Å². The third-order valence-electron chi connectivity index (χ3n) is 2.66. The molecule has 0 fully saturated rings. The average Bonchev–Trinajstić information content (AvgIpc) is 2.48. The molecule has 0 spiro atoms. The molecule has 0 aromatic heterocycles. The number of hydrogen-bond donors (Lipinski definition) is 1. The Morgan fingerprint density at radius 2 is 1.90 bits per heavy atom. The molecule has 4 nitrogen and oxygen atoms in total. The van der Waals surface area contributed by atoms with Crippen molar-refractivity contribution in [2.24, 2.45) is 5.10 Å². The number of hydrazone groups is 1. The van der Waals surface area contributed by atoms with Gasteiger partial charge in [-0.05, 0) is 48.0 Å². The van der Waals surface area contributed by atoms with Crippen molar-refractivity contribution in [3.8, 4) is 5.75 Å². The molecule has 0 bridgehead atoms. The molecule has 0 aliphatic rings. The molecule has 2 aromatic rings. The van der Waals surface area contributed by atoms with E-state index in [1.165, 1.54) is 49.7 Å². The second kappa shape index (κ2) is 6.60. The van der Waals surface area contributed by atoms with Crippen LogP contribution in [0.3, 0.4) is 0 Å². The summed E-state index contributed by atoms with van der Waals surface area (Å²) in [5.41, 5.74) is 3.01. The van der Waals surface area contributed by atoms with E-state index in [0.717, 1.165) is 0 Å². The van der Waals surface area contributed by atoms with Crippen LogP contribution in [0, 0.1) is 11.6 Å². The van der Waals surface area contributed by atoms with Crippen molar-refractivity contribution in [2.75, 3.05) is 7.11 Å². The number of ether oxygens (including phenoxy) is 1. The van der Waals surface area contributed by atoms with Crippen LogP contribution in [0.2, 0.25) is 0 Å². The molecule has 21 heavy (non-hydrogen) atoms. The predicted octanol–water partition coefficient (Wildman–Crippen LogP) is 2.74. The van der Waals surface area contributed by atoms with Gasteiger partial charge >= 0.3 is 0 Å². The van der Waals surface area contributed by atoms with Gasteiger partial charge in [0, 0.05) is 5.56 Å². The molecule has 0 saturated carbocycles. The van der Waals surface area contributed by atoms with Gasteiger partial charge < -0.3 is 4.74 Å². The van der Waals surface area contributed by atoms with Crippen molar-refractivity contribution in [2.45, 2.75) is 0 Å². The number of methoxy groups -OCH3 is 1. The van der Waals surface area contributed by atoms with E-state index in [1.54, 1.807) is 6.07 Å². The molecule has 0 unspecified atom stereocenters. The van der Waals surface area contributed by atoms with E-state index >= 15 is 0 Å². The van der Waals surface area contributed by atoms with Gasteiger partial charge in [0.05, 0.1) is 13.3 Å². The molecule has 1 amide bonds. The molecule has 6 heteroatoms. The zero-order chi connectivity index (χ0) is 15.2. The highest BCUT2D eigenvalue weighted by Crippen LogP contribution is 2.16. The highest BCUT2D eigenvalue weighted by Gasteiger charge is 2.04. The predicted molar refractivity (Wildman–Crippen MR) is 74.4 cm³/mol. The van der Waals surface area contributed by atoms with Gasteiger partial charge in [-0.15, -0.1) is 0 Å². The SMILES string of the molecule is COc1ccc(/C=N\NC(=O)c2ccc(F)cc2)cc1F. The van der Waals surface area contributed by atoms with Crippen molar-refractivity contribution in [1.29, 1.82) is 0 Å². The third kappa shape index (κ3) is 3.85. The van der Waals surface area contributed by atoms with Crippen molar-refractivity contribution in [3.63, 3.8) is 0 Å². The summed E-state index contributed by atoms with van der Waals surface area (Å²) in [7, 11) is 1.37. The van der Waals surface area contributed by atoms with Crippen LogP contribution in [0.5, 0.6) is 5.75 Å². The Balaban J connectivity index is 2.00.